The van der Waals surface area contributed by atoms with Gasteiger partial charge >= 0.3 is 0 Å². The topological polar surface area (TPSA) is 59.4 Å². The first kappa shape index (κ1) is 13.8. The molecule has 0 saturated carbocycles. The Hall–Kier alpha value is -0.670. The molecule has 0 spiro atoms. The highest BCUT2D eigenvalue weighted by molar-refractivity contribution is 14.1. The maximum atomic E-state index is 12.0. The van der Waals surface area contributed by atoms with Gasteiger partial charge in [-0.15, -0.1) is 0 Å². The van der Waals surface area contributed by atoms with Crippen molar-refractivity contribution in [3.05, 3.63) is 15.5 Å². The molecule has 2 heterocycles. The zero-order chi connectivity index (χ0) is 13.0. The standard InChI is InChI=1S/C11H17IN4O2/c1-15-10(9(12)8-14-15)11(17)13-2-3-16-4-6-18-7-5-16/h8H,2-7H2,1H3,(H,13,17). The van der Waals surface area contributed by atoms with E-state index in [1.807, 2.05) is 0 Å². The third-order valence-electron chi connectivity index (χ3n) is 2.93. The molecule has 1 aromatic rings. The van der Waals surface area contributed by atoms with E-state index >= 15 is 0 Å². The third kappa shape index (κ3) is 3.42. The molecule has 0 aromatic carbocycles. The molecule has 1 N–H and O–H groups in total. The van der Waals surface area contributed by atoms with Crippen molar-refractivity contribution in [1.82, 2.24) is 20.0 Å². The van der Waals surface area contributed by atoms with Gasteiger partial charge in [-0.1, -0.05) is 0 Å². The van der Waals surface area contributed by atoms with Crippen LogP contribution in [0.2, 0.25) is 0 Å². The number of amides is 1. The van der Waals surface area contributed by atoms with Gasteiger partial charge in [0.15, 0.2) is 0 Å². The number of ether oxygens (including phenoxy) is 1. The normalized spacial score (nSPS) is 16.8. The maximum absolute atomic E-state index is 12.0. The number of hydrogen-bond donors (Lipinski definition) is 1. The number of carbonyl (C=O) groups excluding carboxylic acids is 1. The fourth-order valence-electron chi connectivity index (χ4n) is 1.90. The Balaban J connectivity index is 1.78. The fraction of sp³-hybridized carbons (Fsp3) is 0.636. The van der Waals surface area contributed by atoms with Gasteiger partial charge in [0.05, 0.1) is 23.0 Å². The summed E-state index contributed by atoms with van der Waals surface area (Å²) in [6, 6.07) is 0. The van der Waals surface area contributed by atoms with Crippen molar-refractivity contribution < 1.29 is 9.53 Å². The summed E-state index contributed by atoms with van der Waals surface area (Å²) in [5.41, 5.74) is 0.623. The molecular formula is C11H17IN4O2. The zero-order valence-electron chi connectivity index (χ0n) is 10.4. The lowest BCUT2D eigenvalue weighted by Gasteiger charge is -2.26. The predicted octanol–water partition coefficient (Wildman–Crippen LogP) is 0.0867. The lowest BCUT2D eigenvalue weighted by Crippen LogP contribution is -2.41. The van der Waals surface area contributed by atoms with Crippen LogP contribution in [0.15, 0.2) is 6.20 Å². The average molecular weight is 364 g/mol. The van der Waals surface area contributed by atoms with E-state index in [1.165, 1.54) is 0 Å². The number of hydrogen-bond acceptors (Lipinski definition) is 4. The van der Waals surface area contributed by atoms with Crippen molar-refractivity contribution in [2.24, 2.45) is 7.05 Å². The quantitative estimate of drug-likeness (QED) is 0.770. The van der Waals surface area contributed by atoms with Gasteiger partial charge in [-0.05, 0) is 22.6 Å². The summed E-state index contributed by atoms with van der Waals surface area (Å²) in [7, 11) is 1.78. The summed E-state index contributed by atoms with van der Waals surface area (Å²) in [5, 5.41) is 6.98. The highest BCUT2D eigenvalue weighted by Gasteiger charge is 2.15. The largest absolute Gasteiger partial charge is 0.379 e. The molecule has 0 bridgehead atoms. The minimum atomic E-state index is -0.0624. The van der Waals surface area contributed by atoms with Gasteiger partial charge in [0.25, 0.3) is 5.91 Å². The molecular weight excluding hydrogens is 347 g/mol. The molecule has 0 unspecified atom stereocenters. The molecule has 7 heteroatoms. The molecule has 1 amide bonds. The Labute approximate surface area is 120 Å². The minimum absolute atomic E-state index is 0.0624. The van der Waals surface area contributed by atoms with Gasteiger partial charge < -0.3 is 10.1 Å². The molecule has 6 nitrogen and oxygen atoms in total. The summed E-state index contributed by atoms with van der Waals surface area (Å²) in [6.07, 6.45) is 1.69. The summed E-state index contributed by atoms with van der Waals surface area (Å²) in [6.45, 7) is 4.98. The molecule has 18 heavy (non-hydrogen) atoms. The smallest absolute Gasteiger partial charge is 0.270 e. The van der Waals surface area contributed by atoms with E-state index in [2.05, 4.69) is 37.9 Å². The minimum Gasteiger partial charge on any atom is -0.379 e. The summed E-state index contributed by atoms with van der Waals surface area (Å²) < 4.78 is 7.75. The molecule has 1 aromatic heterocycles. The molecule has 1 saturated heterocycles. The van der Waals surface area contributed by atoms with Crippen molar-refractivity contribution in [3.63, 3.8) is 0 Å². The monoisotopic (exact) mass is 364 g/mol. The van der Waals surface area contributed by atoms with Crippen LogP contribution in [0.5, 0.6) is 0 Å². The van der Waals surface area contributed by atoms with Gasteiger partial charge in [0, 0.05) is 33.2 Å². The molecule has 0 radical (unpaired) electrons. The number of aryl methyl sites for hydroxylation is 1. The lowest BCUT2D eigenvalue weighted by atomic mass is 10.3. The number of morpholine rings is 1. The van der Waals surface area contributed by atoms with Gasteiger partial charge in [-0.3, -0.25) is 14.4 Å². The van der Waals surface area contributed by atoms with E-state index in [9.17, 15) is 4.79 Å². The van der Waals surface area contributed by atoms with Crippen LogP contribution in [-0.4, -0.2) is 60.0 Å². The Kier molecular flexibility index (Phi) is 4.95. The van der Waals surface area contributed by atoms with Crippen LogP contribution in [0, 0.1) is 3.57 Å². The predicted molar refractivity (Wildman–Crippen MR) is 75.5 cm³/mol. The second-order valence-corrected chi connectivity index (χ2v) is 5.34. The molecule has 0 aliphatic carbocycles. The van der Waals surface area contributed by atoms with Crippen molar-refractivity contribution in [2.75, 3.05) is 39.4 Å². The van der Waals surface area contributed by atoms with Crippen LogP contribution in [-0.2, 0) is 11.8 Å². The highest BCUT2D eigenvalue weighted by atomic mass is 127. The Morgan fingerprint density at radius 1 is 1.56 bits per heavy atom. The van der Waals surface area contributed by atoms with Crippen molar-refractivity contribution in [1.29, 1.82) is 0 Å². The van der Waals surface area contributed by atoms with E-state index in [0.717, 1.165) is 36.4 Å². The van der Waals surface area contributed by atoms with Crippen LogP contribution < -0.4 is 5.32 Å². The van der Waals surface area contributed by atoms with Gasteiger partial charge in [0.1, 0.15) is 5.69 Å². The van der Waals surface area contributed by atoms with Crippen LogP contribution in [0.3, 0.4) is 0 Å². The first-order valence-corrected chi connectivity index (χ1v) is 7.02. The number of aromatic nitrogens is 2. The van der Waals surface area contributed by atoms with E-state index in [4.69, 9.17) is 4.74 Å². The Morgan fingerprint density at radius 2 is 2.28 bits per heavy atom. The van der Waals surface area contributed by atoms with Gasteiger partial charge in [-0.2, -0.15) is 5.10 Å². The fourth-order valence-corrected chi connectivity index (χ4v) is 2.62. The first-order valence-electron chi connectivity index (χ1n) is 5.94. The second-order valence-electron chi connectivity index (χ2n) is 4.17. The van der Waals surface area contributed by atoms with E-state index < -0.39 is 0 Å². The summed E-state index contributed by atoms with van der Waals surface area (Å²) in [4.78, 5) is 14.3. The molecule has 1 aliphatic rings. The zero-order valence-corrected chi connectivity index (χ0v) is 12.5. The Morgan fingerprint density at radius 3 is 2.89 bits per heavy atom. The number of nitrogens with zero attached hydrogens (tertiary/aromatic N) is 3. The second kappa shape index (κ2) is 6.48. The number of rotatable bonds is 4. The first-order chi connectivity index (χ1) is 8.68. The summed E-state index contributed by atoms with van der Waals surface area (Å²) >= 11 is 2.12. The Bertz CT molecular complexity index is 396. The number of halogens is 1. The third-order valence-corrected chi connectivity index (χ3v) is 3.72. The average Bonchev–Trinajstić information content (AvgIpc) is 2.70. The van der Waals surface area contributed by atoms with Crippen LogP contribution >= 0.6 is 22.6 Å². The van der Waals surface area contributed by atoms with Crippen molar-refractivity contribution in [3.8, 4) is 0 Å². The summed E-state index contributed by atoms with van der Waals surface area (Å²) in [5.74, 6) is -0.0624. The molecule has 100 valence electrons. The van der Waals surface area contributed by atoms with Crippen LogP contribution in [0.25, 0.3) is 0 Å². The highest BCUT2D eigenvalue weighted by Crippen LogP contribution is 2.09. The van der Waals surface area contributed by atoms with E-state index in [-0.39, 0.29) is 5.91 Å². The van der Waals surface area contributed by atoms with E-state index in [1.54, 1.807) is 17.9 Å². The molecule has 2 rings (SSSR count). The molecule has 1 aliphatic heterocycles. The SMILES string of the molecule is Cn1ncc(I)c1C(=O)NCCN1CCOCC1. The van der Waals surface area contributed by atoms with Crippen molar-refractivity contribution >= 4 is 28.5 Å². The number of nitrogens with one attached hydrogen (secondary N) is 1. The van der Waals surface area contributed by atoms with Crippen LogP contribution in [0.4, 0.5) is 0 Å². The molecule has 1 fully saturated rings. The number of carbonyl (C=O) groups is 1. The lowest BCUT2D eigenvalue weighted by molar-refractivity contribution is 0.0383. The molecule has 0 atom stereocenters. The maximum Gasteiger partial charge on any atom is 0.270 e. The van der Waals surface area contributed by atoms with Crippen LogP contribution in [0.1, 0.15) is 10.5 Å². The van der Waals surface area contributed by atoms with Gasteiger partial charge in [0.2, 0.25) is 0 Å². The van der Waals surface area contributed by atoms with Gasteiger partial charge in [-0.25, -0.2) is 0 Å². The van der Waals surface area contributed by atoms with Crippen molar-refractivity contribution in [2.45, 2.75) is 0 Å². The van der Waals surface area contributed by atoms with E-state index in [0.29, 0.717) is 12.2 Å².